The highest BCUT2D eigenvalue weighted by Gasteiger charge is 2.43. The fraction of sp³-hybridized carbons (Fsp3) is 0.800. The van der Waals surface area contributed by atoms with E-state index in [4.69, 9.17) is 5.11 Å². The van der Waals surface area contributed by atoms with Crippen molar-refractivity contribution in [3.8, 4) is 0 Å². The number of carbonyl (C=O) groups excluding carboxylic acids is 1. The zero-order chi connectivity index (χ0) is 11.8. The van der Waals surface area contributed by atoms with Gasteiger partial charge in [-0.05, 0) is 11.0 Å². The molecule has 0 aromatic carbocycles. The van der Waals surface area contributed by atoms with Crippen molar-refractivity contribution < 1.29 is 14.7 Å². The monoisotopic (exact) mass is 229 g/mol. The minimum Gasteiger partial charge on any atom is -0.480 e. The smallest absolute Gasteiger partial charge is 0.326 e. The lowest BCUT2D eigenvalue weighted by atomic mass is 9.99. The number of amides is 1. The van der Waals surface area contributed by atoms with Gasteiger partial charge in [-0.15, -0.1) is 0 Å². The maximum Gasteiger partial charge on any atom is 0.326 e. The molecule has 1 fully saturated rings. The zero-order valence-electron chi connectivity index (χ0n) is 9.78. The predicted octanol–water partition coefficient (Wildman–Crippen LogP) is 0.610. The number of aliphatic carboxylic acids is 1. The second-order valence-electron chi connectivity index (χ2n) is 5.22. The van der Waals surface area contributed by atoms with Gasteiger partial charge in [0.2, 0.25) is 5.91 Å². The molecule has 1 rings (SSSR count). The standard InChI is InChI=1S/C10H19NO3Si/c1-6(2)10(3,4)15-11-7(9(13)14)5-8(11)12/h6-7H,5,15H2,1-4H3,(H,13,14)/t7-/m0/s1. The Morgan fingerprint density at radius 2 is 2.13 bits per heavy atom. The summed E-state index contributed by atoms with van der Waals surface area (Å²) < 4.78 is 1.61. The van der Waals surface area contributed by atoms with Crippen molar-refractivity contribution in [1.82, 2.24) is 4.57 Å². The molecule has 1 saturated heterocycles. The highest BCUT2D eigenvalue weighted by atomic mass is 28.2. The summed E-state index contributed by atoms with van der Waals surface area (Å²) >= 11 is 0. The molecule has 0 aromatic rings. The van der Waals surface area contributed by atoms with Crippen molar-refractivity contribution in [2.24, 2.45) is 5.92 Å². The van der Waals surface area contributed by atoms with Crippen LogP contribution in [0, 0.1) is 5.92 Å². The van der Waals surface area contributed by atoms with Gasteiger partial charge in [-0.3, -0.25) is 9.59 Å². The van der Waals surface area contributed by atoms with Crippen molar-refractivity contribution in [3.05, 3.63) is 0 Å². The molecule has 0 unspecified atom stereocenters. The number of hydrogen-bond acceptors (Lipinski definition) is 2. The van der Waals surface area contributed by atoms with Crippen LogP contribution in [0.5, 0.6) is 0 Å². The predicted molar refractivity (Wildman–Crippen MR) is 60.3 cm³/mol. The zero-order valence-corrected chi connectivity index (χ0v) is 11.2. The summed E-state index contributed by atoms with van der Waals surface area (Å²) in [5.74, 6) is -0.364. The lowest BCUT2D eigenvalue weighted by Gasteiger charge is -2.43. The third-order valence-electron chi connectivity index (χ3n) is 3.49. The Kier molecular flexibility index (Phi) is 3.23. The van der Waals surface area contributed by atoms with E-state index >= 15 is 0 Å². The third kappa shape index (κ3) is 2.39. The summed E-state index contributed by atoms with van der Waals surface area (Å²) in [4.78, 5) is 22.2. The maximum absolute atomic E-state index is 11.3. The average Bonchev–Trinajstić information content (AvgIpc) is 2.09. The van der Waals surface area contributed by atoms with E-state index in [2.05, 4.69) is 27.7 Å². The van der Waals surface area contributed by atoms with Crippen molar-refractivity contribution in [3.63, 3.8) is 0 Å². The van der Waals surface area contributed by atoms with Crippen molar-refractivity contribution in [1.29, 1.82) is 0 Å². The van der Waals surface area contributed by atoms with E-state index in [0.29, 0.717) is 5.92 Å². The molecule has 1 atom stereocenters. The lowest BCUT2D eigenvalue weighted by molar-refractivity contribution is -0.155. The maximum atomic E-state index is 11.3. The van der Waals surface area contributed by atoms with Crippen molar-refractivity contribution in [2.45, 2.75) is 45.2 Å². The molecule has 0 aliphatic carbocycles. The van der Waals surface area contributed by atoms with Gasteiger partial charge < -0.3 is 9.67 Å². The number of carboxylic acids is 1. The van der Waals surface area contributed by atoms with E-state index in [1.807, 2.05) is 0 Å². The van der Waals surface area contributed by atoms with Crippen LogP contribution in [-0.2, 0) is 9.59 Å². The summed E-state index contributed by atoms with van der Waals surface area (Å²) in [6.07, 6.45) is 0.191. The Bertz CT molecular complexity index is 288. The van der Waals surface area contributed by atoms with E-state index in [-0.39, 0.29) is 17.4 Å². The molecule has 1 N–H and O–H groups in total. The topological polar surface area (TPSA) is 57.6 Å². The first-order chi connectivity index (χ1) is 6.75. The van der Waals surface area contributed by atoms with Crippen LogP contribution in [-0.4, -0.2) is 37.3 Å². The Morgan fingerprint density at radius 1 is 1.60 bits per heavy atom. The SMILES string of the molecule is CC(C)C(C)(C)[SiH2]N1C(=O)C[C@H]1C(=O)O. The van der Waals surface area contributed by atoms with Gasteiger partial charge in [0, 0.05) is 0 Å². The first kappa shape index (κ1) is 12.2. The van der Waals surface area contributed by atoms with Crippen LogP contribution in [0.2, 0.25) is 5.04 Å². The highest BCUT2D eigenvalue weighted by molar-refractivity contribution is 6.43. The summed E-state index contributed by atoms with van der Waals surface area (Å²) in [6, 6.07) is -0.540. The second kappa shape index (κ2) is 3.96. The van der Waals surface area contributed by atoms with Gasteiger partial charge >= 0.3 is 5.97 Å². The molecule has 0 radical (unpaired) electrons. The van der Waals surface area contributed by atoms with E-state index < -0.39 is 21.7 Å². The Balaban J connectivity index is 2.65. The molecule has 1 amide bonds. The fourth-order valence-electron chi connectivity index (χ4n) is 1.49. The van der Waals surface area contributed by atoms with Crippen LogP contribution in [0.1, 0.15) is 34.1 Å². The largest absolute Gasteiger partial charge is 0.480 e. The molecule has 86 valence electrons. The molecule has 0 bridgehead atoms. The van der Waals surface area contributed by atoms with Crippen LogP contribution < -0.4 is 0 Å². The van der Waals surface area contributed by atoms with Gasteiger partial charge in [0.05, 0.1) is 6.42 Å². The number of β-lactam (4-membered cyclic amide) rings is 1. The summed E-state index contributed by atoms with van der Waals surface area (Å²) in [5, 5.41) is 8.99. The number of carbonyl (C=O) groups is 2. The van der Waals surface area contributed by atoms with Crippen LogP contribution in [0.3, 0.4) is 0 Å². The lowest BCUT2D eigenvalue weighted by Crippen LogP contribution is -2.60. The molecule has 1 heterocycles. The third-order valence-corrected chi connectivity index (χ3v) is 6.26. The van der Waals surface area contributed by atoms with Gasteiger partial charge in [0.15, 0.2) is 0 Å². The second-order valence-corrected chi connectivity index (χ2v) is 8.04. The minimum absolute atomic E-state index is 0.0165. The van der Waals surface area contributed by atoms with Crippen LogP contribution in [0.15, 0.2) is 0 Å². The molecule has 0 aromatic heterocycles. The van der Waals surface area contributed by atoms with Crippen LogP contribution in [0.4, 0.5) is 0 Å². The molecule has 1 aliphatic rings. The molecule has 5 heteroatoms. The van der Waals surface area contributed by atoms with E-state index in [1.165, 1.54) is 0 Å². The number of hydrogen-bond donors (Lipinski definition) is 1. The molecule has 0 saturated carbocycles. The van der Waals surface area contributed by atoms with E-state index in [0.717, 1.165) is 0 Å². The Morgan fingerprint density at radius 3 is 2.47 bits per heavy atom. The highest BCUT2D eigenvalue weighted by Crippen LogP contribution is 2.36. The molecule has 1 aliphatic heterocycles. The van der Waals surface area contributed by atoms with Gasteiger partial charge in [-0.2, -0.15) is 0 Å². The first-order valence-corrected chi connectivity index (χ1v) is 6.62. The Hall–Kier alpha value is -0.843. The van der Waals surface area contributed by atoms with Gasteiger partial charge in [0.25, 0.3) is 0 Å². The summed E-state index contributed by atoms with van der Waals surface area (Å²) in [5.41, 5.74) is 0. The molecule has 4 nitrogen and oxygen atoms in total. The fourth-order valence-corrected chi connectivity index (χ4v) is 3.55. The van der Waals surface area contributed by atoms with Crippen molar-refractivity contribution >= 4 is 21.6 Å². The normalized spacial score (nSPS) is 22.6. The number of carboxylic acid groups (broad SMARTS) is 1. The first-order valence-electron chi connectivity index (χ1n) is 5.28. The van der Waals surface area contributed by atoms with E-state index in [9.17, 15) is 9.59 Å². The van der Waals surface area contributed by atoms with Gasteiger partial charge in [0.1, 0.15) is 15.7 Å². The minimum atomic E-state index is -0.860. The number of nitrogens with zero attached hydrogens (tertiary/aromatic N) is 1. The summed E-state index contributed by atoms with van der Waals surface area (Å²) in [7, 11) is -0.832. The van der Waals surface area contributed by atoms with Crippen molar-refractivity contribution in [2.75, 3.05) is 0 Å². The van der Waals surface area contributed by atoms with Gasteiger partial charge in [-0.25, -0.2) is 0 Å². The molecule has 0 spiro atoms. The number of rotatable bonds is 4. The van der Waals surface area contributed by atoms with Crippen LogP contribution >= 0.6 is 0 Å². The summed E-state index contributed by atoms with van der Waals surface area (Å²) in [6.45, 7) is 8.48. The Labute approximate surface area is 92.5 Å². The average molecular weight is 229 g/mol. The molecule has 15 heavy (non-hydrogen) atoms. The quantitative estimate of drug-likeness (QED) is 0.567. The molecular formula is C10H19NO3Si. The van der Waals surface area contributed by atoms with Gasteiger partial charge in [-0.1, -0.05) is 27.7 Å². The molecular weight excluding hydrogens is 210 g/mol. The van der Waals surface area contributed by atoms with Crippen LogP contribution in [0.25, 0.3) is 0 Å². The van der Waals surface area contributed by atoms with E-state index in [1.54, 1.807) is 4.57 Å².